The summed E-state index contributed by atoms with van der Waals surface area (Å²) in [5, 5.41) is 2.17. The van der Waals surface area contributed by atoms with Gasteiger partial charge in [-0.25, -0.2) is 9.67 Å². The molecule has 90 valence electrons. The van der Waals surface area contributed by atoms with Crippen LogP contribution in [0.4, 0.5) is 13.2 Å². The molecule has 0 aliphatic heterocycles. The average molecular weight is 324 g/mol. The standard InChI is InChI=1S/C9H5BrF3N3S/c10-5-1-2-7(14-4-5)16-8(17)3-6(15-16)9(11,12)13/h1-4,15H. The molecule has 17 heavy (non-hydrogen) atoms. The number of nitrogens with one attached hydrogen (secondary N) is 1. The molecule has 2 heterocycles. The van der Waals surface area contributed by atoms with Crippen LogP contribution in [-0.4, -0.2) is 14.8 Å². The SMILES string of the molecule is FC(F)(F)c1cc(=S)n(-c2ccc(Br)cn2)[nH]1. The molecule has 8 heteroatoms. The number of aromatic amines is 1. The number of hydrogen-bond donors (Lipinski definition) is 1. The third-order valence-electron chi connectivity index (χ3n) is 1.97. The lowest BCUT2D eigenvalue weighted by Crippen LogP contribution is -2.07. The number of rotatable bonds is 1. The normalized spacial score (nSPS) is 11.8. The largest absolute Gasteiger partial charge is 0.432 e. The highest BCUT2D eigenvalue weighted by Gasteiger charge is 2.33. The molecule has 2 aromatic heterocycles. The molecular weight excluding hydrogens is 319 g/mol. The molecule has 1 N–H and O–H groups in total. The van der Waals surface area contributed by atoms with Crippen LogP contribution >= 0.6 is 28.1 Å². The second-order valence-electron chi connectivity index (χ2n) is 3.18. The molecule has 0 amide bonds. The minimum Gasteiger partial charge on any atom is -0.287 e. The van der Waals surface area contributed by atoms with E-state index in [1.54, 1.807) is 12.1 Å². The van der Waals surface area contributed by atoms with Gasteiger partial charge in [-0.05, 0) is 28.1 Å². The third kappa shape index (κ3) is 2.58. The summed E-state index contributed by atoms with van der Waals surface area (Å²) in [5.74, 6) is 0.300. The van der Waals surface area contributed by atoms with Crippen molar-refractivity contribution < 1.29 is 13.2 Å². The van der Waals surface area contributed by atoms with Crippen molar-refractivity contribution in [1.82, 2.24) is 14.8 Å². The molecule has 2 aromatic rings. The molecule has 0 unspecified atom stereocenters. The molecular formula is C9H5BrF3N3S. The molecule has 0 bridgehead atoms. The Morgan fingerprint density at radius 3 is 2.53 bits per heavy atom. The number of H-pyrrole nitrogens is 1. The fourth-order valence-corrected chi connectivity index (χ4v) is 1.70. The Kier molecular flexibility index (Phi) is 3.09. The van der Waals surface area contributed by atoms with Crippen LogP contribution in [0.3, 0.4) is 0 Å². The zero-order valence-corrected chi connectivity index (χ0v) is 10.5. The Balaban J connectivity index is 2.50. The second kappa shape index (κ2) is 4.26. The summed E-state index contributed by atoms with van der Waals surface area (Å²) >= 11 is 8.02. The Labute approximate surface area is 107 Å². The maximum absolute atomic E-state index is 12.4. The average Bonchev–Trinajstić information content (AvgIpc) is 2.61. The Hall–Kier alpha value is -1.15. The van der Waals surface area contributed by atoms with Gasteiger partial charge in [0.1, 0.15) is 10.3 Å². The van der Waals surface area contributed by atoms with E-state index in [1.165, 1.54) is 6.20 Å². The summed E-state index contributed by atoms with van der Waals surface area (Å²) in [7, 11) is 0. The zero-order chi connectivity index (χ0) is 12.6. The highest BCUT2D eigenvalue weighted by Crippen LogP contribution is 2.28. The van der Waals surface area contributed by atoms with Crippen molar-refractivity contribution in [2.45, 2.75) is 6.18 Å². The minimum absolute atomic E-state index is 0.0205. The van der Waals surface area contributed by atoms with Gasteiger partial charge in [-0.15, -0.1) is 0 Å². The van der Waals surface area contributed by atoms with Crippen LogP contribution in [0.1, 0.15) is 5.69 Å². The van der Waals surface area contributed by atoms with Crippen molar-refractivity contribution in [3.63, 3.8) is 0 Å². The van der Waals surface area contributed by atoms with E-state index in [4.69, 9.17) is 12.2 Å². The number of hydrogen-bond acceptors (Lipinski definition) is 2. The number of pyridine rings is 1. The van der Waals surface area contributed by atoms with Crippen molar-refractivity contribution in [1.29, 1.82) is 0 Å². The van der Waals surface area contributed by atoms with Crippen LogP contribution in [0.25, 0.3) is 5.82 Å². The summed E-state index contributed by atoms with van der Waals surface area (Å²) in [6, 6.07) is 4.08. The molecule has 0 spiro atoms. The van der Waals surface area contributed by atoms with E-state index in [2.05, 4.69) is 26.0 Å². The maximum atomic E-state index is 12.4. The summed E-state index contributed by atoms with van der Waals surface area (Å²) in [4.78, 5) is 3.96. The molecule has 2 rings (SSSR count). The summed E-state index contributed by atoms with van der Waals surface area (Å²) in [5.41, 5.74) is -0.896. The number of alkyl halides is 3. The van der Waals surface area contributed by atoms with Gasteiger partial charge in [0, 0.05) is 16.7 Å². The quantitative estimate of drug-likeness (QED) is 0.812. The highest BCUT2D eigenvalue weighted by molar-refractivity contribution is 9.10. The monoisotopic (exact) mass is 323 g/mol. The first-order valence-corrected chi connectivity index (χ1v) is 5.59. The smallest absolute Gasteiger partial charge is 0.287 e. The van der Waals surface area contributed by atoms with Gasteiger partial charge in [0.15, 0.2) is 5.82 Å². The molecule has 0 aliphatic carbocycles. The van der Waals surface area contributed by atoms with Crippen LogP contribution in [-0.2, 0) is 6.18 Å². The number of aromatic nitrogens is 3. The van der Waals surface area contributed by atoms with E-state index in [-0.39, 0.29) is 4.64 Å². The van der Waals surface area contributed by atoms with E-state index < -0.39 is 11.9 Å². The van der Waals surface area contributed by atoms with Crippen molar-refractivity contribution in [2.24, 2.45) is 0 Å². The van der Waals surface area contributed by atoms with Crippen molar-refractivity contribution >= 4 is 28.1 Å². The van der Waals surface area contributed by atoms with E-state index >= 15 is 0 Å². The third-order valence-corrected chi connectivity index (χ3v) is 2.74. The molecule has 0 saturated heterocycles. The molecule has 0 radical (unpaired) electrons. The molecule has 0 atom stereocenters. The van der Waals surface area contributed by atoms with Crippen molar-refractivity contribution in [2.75, 3.05) is 0 Å². The lowest BCUT2D eigenvalue weighted by molar-refractivity contribution is -0.141. The van der Waals surface area contributed by atoms with Crippen molar-refractivity contribution in [3.8, 4) is 5.82 Å². The number of halogens is 4. The van der Waals surface area contributed by atoms with Gasteiger partial charge in [0.05, 0.1) is 0 Å². The van der Waals surface area contributed by atoms with E-state index in [0.29, 0.717) is 5.82 Å². The predicted molar refractivity (Wildman–Crippen MR) is 61.5 cm³/mol. The maximum Gasteiger partial charge on any atom is 0.432 e. The minimum atomic E-state index is -4.45. The predicted octanol–water partition coefficient (Wildman–Crippen LogP) is 3.71. The molecule has 3 nitrogen and oxygen atoms in total. The molecule has 0 fully saturated rings. The lowest BCUT2D eigenvalue weighted by Gasteiger charge is -2.04. The summed E-state index contributed by atoms with van der Waals surface area (Å²) in [6.45, 7) is 0. The van der Waals surface area contributed by atoms with Gasteiger partial charge >= 0.3 is 6.18 Å². The zero-order valence-electron chi connectivity index (χ0n) is 8.12. The first-order chi connectivity index (χ1) is 7.88. The summed E-state index contributed by atoms with van der Waals surface area (Å²) in [6.07, 6.45) is -2.97. The van der Waals surface area contributed by atoms with E-state index in [1.807, 2.05) is 0 Å². The van der Waals surface area contributed by atoms with Crippen LogP contribution in [0.15, 0.2) is 28.9 Å². The summed E-state index contributed by atoms with van der Waals surface area (Å²) < 4.78 is 39.2. The van der Waals surface area contributed by atoms with Gasteiger partial charge in [-0.3, -0.25) is 5.10 Å². The van der Waals surface area contributed by atoms with Crippen LogP contribution in [0, 0.1) is 4.64 Å². The van der Waals surface area contributed by atoms with E-state index in [9.17, 15) is 13.2 Å². The number of nitrogens with zero attached hydrogens (tertiary/aromatic N) is 2. The van der Waals surface area contributed by atoms with Gasteiger partial charge in [-0.1, -0.05) is 12.2 Å². The molecule has 0 aliphatic rings. The molecule has 0 aromatic carbocycles. The van der Waals surface area contributed by atoms with Crippen LogP contribution in [0.5, 0.6) is 0 Å². The molecule has 0 saturated carbocycles. The fraction of sp³-hybridized carbons (Fsp3) is 0.111. The lowest BCUT2D eigenvalue weighted by atomic mass is 10.4. The Morgan fingerprint density at radius 2 is 2.06 bits per heavy atom. The Morgan fingerprint density at radius 1 is 1.35 bits per heavy atom. The second-order valence-corrected chi connectivity index (χ2v) is 4.51. The van der Waals surface area contributed by atoms with Gasteiger partial charge in [0.2, 0.25) is 0 Å². The van der Waals surface area contributed by atoms with Crippen LogP contribution in [0.2, 0.25) is 0 Å². The fourth-order valence-electron chi connectivity index (χ4n) is 1.21. The Bertz CT molecular complexity index is 585. The van der Waals surface area contributed by atoms with Crippen LogP contribution < -0.4 is 0 Å². The highest BCUT2D eigenvalue weighted by atomic mass is 79.9. The first kappa shape index (κ1) is 12.3. The van der Waals surface area contributed by atoms with Gasteiger partial charge < -0.3 is 0 Å². The first-order valence-electron chi connectivity index (χ1n) is 4.39. The van der Waals surface area contributed by atoms with Gasteiger partial charge in [-0.2, -0.15) is 13.2 Å². The van der Waals surface area contributed by atoms with Crippen molar-refractivity contribution in [3.05, 3.63) is 39.2 Å². The van der Waals surface area contributed by atoms with E-state index in [0.717, 1.165) is 15.2 Å². The van der Waals surface area contributed by atoms with Gasteiger partial charge in [0.25, 0.3) is 0 Å². The topological polar surface area (TPSA) is 33.6 Å².